The summed E-state index contributed by atoms with van der Waals surface area (Å²) < 4.78 is 0. The second-order valence-corrected chi connectivity index (χ2v) is 6.01. The van der Waals surface area contributed by atoms with E-state index in [1.807, 2.05) is 0 Å². The van der Waals surface area contributed by atoms with Crippen LogP contribution in [0.2, 0.25) is 0 Å². The van der Waals surface area contributed by atoms with Crippen LogP contribution in [0.15, 0.2) is 18.2 Å². The van der Waals surface area contributed by atoms with Crippen LogP contribution in [0.3, 0.4) is 0 Å². The summed E-state index contributed by atoms with van der Waals surface area (Å²) in [6.45, 7) is 6.55. The molecule has 5 nitrogen and oxygen atoms in total. The highest BCUT2D eigenvalue weighted by atomic mass is 16.6. The van der Waals surface area contributed by atoms with Gasteiger partial charge in [0.05, 0.1) is 4.92 Å². The van der Waals surface area contributed by atoms with Crippen LogP contribution in [0, 0.1) is 15.5 Å². The fraction of sp³-hybridized carbons (Fsp3) is 0.571. The first-order valence-corrected chi connectivity index (χ1v) is 6.68. The number of nitrogen functional groups attached to an aromatic ring is 1. The molecule has 1 saturated heterocycles. The summed E-state index contributed by atoms with van der Waals surface area (Å²) in [5, 5.41) is 10.8. The SMILES string of the molecule is CC1(C)CCCN(c2ccc([N+](=O)[O-])c(N)c2)CC1. The van der Waals surface area contributed by atoms with Gasteiger partial charge in [0.25, 0.3) is 5.69 Å². The van der Waals surface area contributed by atoms with E-state index in [9.17, 15) is 10.1 Å². The molecule has 1 aliphatic rings. The topological polar surface area (TPSA) is 72.4 Å². The molecule has 2 N–H and O–H groups in total. The zero-order chi connectivity index (χ0) is 14.0. The van der Waals surface area contributed by atoms with Gasteiger partial charge in [-0.3, -0.25) is 10.1 Å². The van der Waals surface area contributed by atoms with Crippen LogP contribution in [-0.4, -0.2) is 18.0 Å². The summed E-state index contributed by atoms with van der Waals surface area (Å²) in [6, 6.07) is 5.02. The number of nitro benzene ring substituents is 1. The zero-order valence-corrected chi connectivity index (χ0v) is 11.6. The average Bonchev–Trinajstić information content (AvgIpc) is 2.49. The van der Waals surface area contributed by atoms with Gasteiger partial charge in [-0.15, -0.1) is 0 Å². The summed E-state index contributed by atoms with van der Waals surface area (Å²) in [5.41, 5.74) is 7.34. The van der Waals surface area contributed by atoms with Crippen molar-refractivity contribution >= 4 is 17.1 Å². The molecular weight excluding hydrogens is 242 g/mol. The minimum Gasteiger partial charge on any atom is -0.393 e. The first kappa shape index (κ1) is 13.6. The van der Waals surface area contributed by atoms with Crippen LogP contribution in [0.1, 0.15) is 33.1 Å². The molecule has 0 atom stereocenters. The lowest BCUT2D eigenvalue weighted by molar-refractivity contribution is -0.383. The van der Waals surface area contributed by atoms with E-state index in [1.54, 1.807) is 12.1 Å². The van der Waals surface area contributed by atoms with Crippen molar-refractivity contribution in [2.75, 3.05) is 23.7 Å². The fourth-order valence-electron chi connectivity index (χ4n) is 2.59. The van der Waals surface area contributed by atoms with E-state index < -0.39 is 4.92 Å². The van der Waals surface area contributed by atoms with Crippen molar-refractivity contribution in [2.24, 2.45) is 5.41 Å². The van der Waals surface area contributed by atoms with Crippen LogP contribution in [0.5, 0.6) is 0 Å². The summed E-state index contributed by atoms with van der Waals surface area (Å²) in [4.78, 5) is 12.6. The van der Waals surface area contributed by atoms with Crippen molar-refractivity contribution < 1.29 is 4.92 Å². The van der Waals surface area contributed by atoms with Crippen molar-refractivity contribution in [3.63, 3.8) is 0 Å². The normalized spacial score (nSPS) is 18.9. The monoisotopic (exact) mass is 263 g/mol. The van der Waals surface area contributed by atoms with E-state index in [0.29, 0.717) is 5.41 Å². The lowest BCUT2D eigenvalue weighted by Gasteiger charge is -2.25. The molecule has 0 bridgehead atoms. The Bertz CT molecular complexity index is 486. The van der Waals surface area contributed by atoms with E-state index in [0.717, 1.165) is 31.6 Å². The molecule has 1 fully saturated rings. The lowest BCUT2D eigenvalue weighted by atomic mass is 9.85. The molecule has 19 heavy (non-hydrogen) atoms. The number of nitrogens with two attached hydrogens (primary N) is 1. The molecule has 0 radical (unpaired) electrons. The Labute approximate surface area is 113 Å². The molecule has 0 unspecified atom stereocenters. The van der Waals surface area contributed by atoms with Gasteiger partial charge in [-0.1, -0.05) is 13.8 Å². The summed E-state index contributed by atoms with van der Waals surface area (Å²) in [6.07, 6.45) is 3.49. The van der Waals surface area contributed by atoms with E-state index in [-0.39, 0.29) is 11.4 Å². The highest BCUT2D eigenvalue weighted by Gasteiger charge is 2.23. The summed E-state index contributed by atoms with van der Waals surface area (Å²) >= 11 is 0. The number of hydrogen-bond donors (Lipinski definition) is 1. The van der Waals surface area contributed by atoms with Gasteiger partial charge in [-0.05, 0) is 36.8 Å². The van der Waals surface area contributed by atoms with Gasteiger partial charge in [-0.25, -0.2) is 0 Å². The lowest BCUT2D eigenvalue weighted by Crippen LogP contribution is -2.25. The van der Waals surface area contributed by atoms with Gasteiger partial charge in [0, 0.05) is 24.8 Å². The van der Waals surface area contributed by atoms with Gasteiger partial charge in [0.15, 0.2) is 0 Å². The molecule has 1 aromatic carbocycles. The van der Waals surface area contributed by atoms with Crippen molar-refractivity contribution in [3.8, 4) is 0 Å². The molecule has 0 saturated carbocycles. The standard InChI is InChI=1S/C14H21N3O2/c1-14(2)6-3-8-16(9-7-14)11-4-5-13(17(18)19)12(15)10-11/h4-5,10H,3,6-9,15H2,1-2H3. The Balaban J connectivity index is 2.18. The fourth-order valence-corrected chi connectivity index (χ4v) is 2.59. The zero-order valence-electron chi connectivity index (χ0n) is 11.6. The molecular formula is C14H21N3O2. The van der Waals surface area contributed by atoms with Crippen LogP contribution in [-0.2, 0) is 0 Å². The van der Waals surface area contributed by atoms with Crippen molar-refractivity contribution in [1.29, 1.82) is 0 Å². The molecule has 1 aliphatic heterocycles. The van der Waals surface area contributed by atoms with Gasteiger partial charge >= 0.3 is 0 Å². The highest BCUT2D eigenvalue weighted by molar-refractivity contribution is 5.66. The molecule has 1 aromatic rings. The van der Waals surface area contributed by atoms with Crippen LogP contribution < -0.4 is 10.6 Å². The quantitative estimate of drug-likeness (QED) is 0.505. The number of rotatable bonds is 2. The molecule has 0 amide bonds. The minimum absolute atomic E-state index is 0.0149. The second kappa shape index (κ2) is 5.07. The van der Waals surface area contributed by atoms with E-state index in [4.69, 9.17) is 5.73 Å². The van der Waals surface area contributed by atoms with E-state index >= 15 is 0 Å². The Morgan fingerprint density at radius 1 is 1.32 bits per heavy atom. The number of hydrogen-bond acceptors (Lipinski definition) is 4. The third kappa shape index (κ3) is 3.16. The third-order valence-electron chi connectivity index (χ3n) is 3.91. The van der Waals surface area contributed by atoms with Crippen LogP contribution >= 0.6 is 0 Å². The second-order valence-electron chi connectivity index (χ2n) is 6.01. The molecule has 104 valence electrons. The largest absolute Gasteiger partial charge is 0.393 e. The molecule has 5 heteroatoms. The molecule has 0 aromatic heterocycles. The number of benzene rings is 1. The van der Waals surface area contributed by atoms with Crippen LogP contribution in [0.25, 0.3) is 0 Å². The van der Waals surface area contributed by atoms with E-state index in [1.165, 1.54) is 12.5 Å². The van der Waals surface area contributed by atoms with Crippen LogP contribution in [0.4, 0.5) is 17.1 Å². The number of anilines is 2. The first-order chi connectivity index (χ1) is 8.89. The number of nitro groups is 1. The maximum Gasteiger partial charge on any atom is 0.292 e. The highest BCUT2D eigenvalue weighted by Crippen LogP contribution is 2.33. The van der Waals surface area contributed by atoms with Crippen molar-refractivity contribution in [1.82, 2.24) is 0 Å². The Morgan fingerprint density at radius 2 is 2.05 bits per heavy atom. The van der Waals surface area contributed by atoms with Crippen molar-refractivity contribution in [2.45, 2.75) is 33.1 Å². The average molecular weight is 263 g/mol. The summed E-state index contributed by atoms with van der Waals surface area (Å²) in [5.74, 6) is 0. The summed E-state index contributed by atoms with van der Waals surface area (Å²) in [7, 11) is 0. The van der Waals surface area contributed by atoms with E-state index in [2.05, 4.69) is 18.7 Å². The minimum atomic E-state index is -0.440. The van der Waals surface area contributed by atoms with Gasteiger partial charge in [-0.2, -0.15) is 0 Å². The first-order valence-electron chi connectivity index (χ1n) is 6.68. The van der Waals surface area contributed by atoms with Gasteiger partial charge in [0.2, 0.25) is 0 Å². The molecule has 0 aliphatic carbocycles. The molecule has 0 spiro atoms. The smallest absolute Gasteiger partial charge is 0.292 e. The Hall–Kier alpha value is -1.78. The molecule has 1 heterocycles. The predicted molar refractivity (Wildman–Crippen MR) is 77.4 cm³/mol. The Kier molecular flexibility index (Phi) is 3.64. The number of nitrogens with zero attached hydrogens (tertiary/aromatic N) is 2. The molecule has 2 rings (SSSR count). The maximum atomic E-state index is 10.8. The van der Waals surface area contributed by atoms with Gasteiger partial charge in [0.1, 0.15) is 5.69 Å². The third-order valence-corrected chi connectivity index (χ3v) is 3.91. The van der Waals surface area contributed by atoms with Crippen molar-refractivity contribution in [3.05, 3.63) is 28.3 Å². The maximum absolute atomic E-state index is 10.8. The predicted octanol–water partition coefficient (Wildman–Crippen LogP) is 3.19. The Morgan fingerprint density at radius 3 is 2.68 bits per heavy atom. The van der Waals surface area contributed by atoms with Gasteiger partial charge < -0.3 is 10.6 Å².